The summed E-state index contributed by atoms with van der Waals surface area (Å²) >= 11 is 0. The topological polar surface area (TPSA) is 140 Å². The molecule has 11 nitrogen and oxygen atoms in total. The number of pyridine rings is 3. The highest BCUT2D eigenvalue weighted by Crippen LogP contribution is 2.45. The molecular weight excluding hydrogens is 560 g/mol. The molecule has 3 atom stereocenters. The predicted molar refractivity (Wildman–Crippen MR) is 159 cm³/mol. The van der Waals surface area contributed by atoms with Crippen molar-refractivity contribution in [1.82, 2.24) is 24.4 Å². The Morgan fingerprint density at radius 2 is 1.93 bits per heavy atom. The first-order valence-electron chi connectivity index (χ1n) is 14.0. The molecule has 4 aromatic heterocycles. The third-order valence-corrected chi connectivity index (χ3v) is 9.08. The Morgan fingerprint density at radius 1 is 1.14 bits per heavy atom. The molecule has 43 heavy (non-hydrogen) atoms. The maximum absolute atomic E-state index is 15.7. The van der Waals surface area contributed by atoms with Crippen LogP contribution in [0.15, 0.2) is 35.5 Å². The van der Waals surface area contributed by atoms with E-state index in [4.69, 9.17) is 0 Å². The SMILES string of the molecule is CNc1cc(F)c(F)c2c1[nH]c1ncc(-c3cnc4c(c3)c(=O)c(C(=O)O)cn4C)c(N3C[C@H]4C(O)CCN(C)[C@H]4C3)c12. The van der Waals surface area contributed by atoms with E-state index in [-0.39, 0.29) is 22.7 Å². The summed E-state index contributed by atoms with van der Waals surface area (Å²) in [6.07, 6.45) is 4.50. The Balaban J connectivity index is 1.54. The number of benzene rings is 1. The molecule has 1 aromatic carbocycles. The van der Waals surface area contributed by atoms with Crippen LogP contribution in [0.5, 0.6) is 0 Å². The van der Waals surface area contributed by atoms with Gasteiger partial charge in [0.2, 0.25) is 5.43 Å². The van der Waals surface area contributed by atoms with E-state index in [1.807, 2.05) is 7.05 Å². The number of halogens is 2. The van der Waals surface area contributed by atoms with Gasteiger partial charge in [0.25, 0.3) is 0 Å². The largest absolute Gasteiger partial charge is 0.477 e. The number of rotatable bonds is 4. The van der Waals surface area contributed by atoms with Gasteiger partial charge >= 0.3 is 5.97 Å². The summed E-state index contributed by atoms with van der Waals surface area (Å²) in [5.74, 6) is -3.47. The minimum Gasteiger partial charge on any atom is -0.477 e. The highest BCUT2D eigenvalue weighted by Gasteiger charge is 2.43. The van der Waals surface area contributed by atoms with E-state index in [2.05, 4.69) is 30.1 Å². The van der Waals surface area contributed by atoms with Crippen LogP contribution in [0, 0.1) is 17.6 Å². The van der Waals surface area contributed by atoms with Crippen molar-refractivity contribution in [2.75, 3.05) is 43.9 Å². The average Bonchev–Trinajstić information content (AvgIpc) is 3.61. The molecule has 222 valence electrons. The molecule has 6 heterocycles. The Morgan fingerprint density at radius 3 is 2.65 bits per heavy atom. The number of anilines is 2. The van der Waals surface area contributed by atoms with Crippen LogP contribution in [-0.4, -0.2) is 86.5 Å². The molecule has 2 aliphatic heterocycles. The smallest absolute Gasteiger partial charge is 0.341 e. The average molecular weight is 590 g/mol. The summed E-state index contributed by atoms with van der Waals surface area (Å²) in [7, 11) is 5.24. The zero-order chi connectivity index (χ0) is 30.3. The number of aromatic nitrogens is 4. The first-order valence-corrected chi connectivity index (χ1v) is 14.0. The van der Waals surface area contributed by atoms with Crippen molar-refractivity contribution in [2.24, 2.45) is 13.0 Å². The molecule has 5 aromatic rings. The van der Waals surface area contributed by atoms with Crippen LogP contribution in [0.2, 0.25) is 0 Å². The number of likely N-dealkylation sites (tertiary alicyclic amines) is 1. The zero-order valence-corrected chi connectivity index (χ0v) is 23.7. The lowest BCUT2D eigenvalue weighted by Crippen LogP contribution is -2.48. The number of carboxylic acid groups (broad SMARTS) is 1. The van der Waals surface area contributed by atoms with Gasteiger partial charge in [-0.15, -0.1) is 0 Å². The van der Waals surface area contributed by atoms with Crippen molar-refractivity contribution in [2.45, 2.75) is 18.6 Å². The normalized spacial score (nSPS) is 20.8. The molecular formula is C30H29F2N7O4. The molecule has 0 radical (unpaired) electrons. The number of piperidine rings is 1. The molecule has 0 spiro atoms. The molecule has 0 amide bonds. The predicted octanol–water partition coefficient (Wildman–Crippen LogP) is 3.15. The van der Waals surface area contributed by atoms with E-state index >= 15 is 4.39 Å². The number of aromatic amines is 1. The molecule has 2 fully saturated rings. The molecule has 7 rings (SSSR count). The summed E-state index contributed by atoms with van der Waals surface area (Å²) in [6, 6.07) is 2.68. The Kier molecular flexibility index (Phi) is 6.15. The van der Waals surface area contributed by atoms with Gasteiger partial charge in [-0.25, -0.2) is 23.5 Å². The highest BCUT2D eigenvalue weighted by atomic mass is 19.2. The molecule has 0 saturated carbocycles. The van der Waals surface area contributed by atoms with Crippen molar-refractivity contribution < 1.29 is 23.8 Å². The second-order valence-corrected chi connectivity index (χ2v) is 11.4. The number of hydrogen-bond donors (Lipinski definition) is 4. The number of nitrogens with one attached hydrogen (secondary N) is 2. The molecule has 13 heteroatoms. The first-order chi connectivity index (χ1) is 20.6. The van der Waals surface area contributed by atoms with Crippen LogP contribution in [-0.2, 0) is 7.05 Å². The van der Waals surface area contributed by atoms with Gasteiger partial charge in [-0.1, -0.05) is 0 Å². The Bertz CT molecular complexity index is 2020. The number of carbonyl (C=O) groups is 1. The van der Waals surface area contributed by atoms with E-state index in [1.54, 1.807) is 32.6 Å². The van der Waals surface area contributed by atoms with Crippen molar-refractivity contribution in [3.63, 3.8) is 0 Å². The minimum atomic E-state index is -1.35. The lowest BCUT2D eigenvalue weighted by molar-refractivity contribution is 0.0185. The van der Waals surface area contributed by atoms with Gasteiger partial charge in [-0.3, -0.25) is 4.79 Å². The van der Waals surface area contributed by atoms with Crippen molar-refractivity contribution in [1.29, 1.82) is 0 Å². The fourth-order valence-corrected chi connectivity index (χ4v) is 6.90. The van der Waals surface area contributed by atoms with E-state index in [0.29, 0.717) is 64.2 Å². The van der Waals surface area contributed by atoms with E-state index in [9.17, 15) is 24.2 Å². The van der Waals surface area contributed by atoms with E-state index in [0.717, 1.165) is 12.6 Å². The van der Waals surface area contributed by atoms with Gasteiger partial charge in [-0.05, 0) is 19.5 Å². The van der Waals surface area contributed by atoms with Crippen LogP contribution in [0.4, 0.5) is 20.2 Å². The quantitative estimate of drug-likeness (QED) is 0.249. The van der Waals surface area contributed by atoms with Crippen molar-refractivity contribution in [3.05, 3.63) is 58.1 Å². The fourth-order valence-electron chi connectivity index (χ4n) is 6.90. The summed E-state index contributed by atoms with van der Waals surface area (Å²) < 4.78 is 32.1. The third-order valence-electron chi connectivity index (χ3n) is 9.08. The Hall–Kier alpha value is -4.62. The monoisotopic (exact) mass is 589 g/mol. The number of aliphatic hydroxyl groups is 1. The van der Waals surface area contributed by atoms with Crippen LogP contribution in [0.25, 0.3) is 44.1 Å². The van der Waals surface area contributed by atoms with Crippen molar-refractivity contribution in [3.8, 4) is 11.1 Å². The molecule has 0 bridgehead atoms. The number of carboxylic acids is 1. The molecule has 0 aliphatic carbocycles. The van der Waals surface area contributed by atoms with Gasteiger partial charge in [0, 0.05) is 81.5 Å². The second-order valence-electron chi connectivity index (χ2n) is 11.4. The number of aliphatic hydroxyl groups excluding tert-OH is 1. The number of hydrogen-bond acceptors (Lipinski definition) is 8. The number of nitrogens with zero attached hydrogens (tertiary/aromatic N) is 5. The Labute approximate surface area is 243 Å². The number of likely N-dealkylation sites (N-methyl/N-ethyl adjacent to an activating group) is 1. The maximum atomic E-state index is 15.7. The third kappa shape index (κ3) is 3.98. The summed E-state index contributed by atoms with van der Waals surface area (Å²) in [5.41, 5.74) is 1.82. The van der Waals surface area contributed by atoms with E-state index in [1.165, 1.54) is 10.8 Å². The van der Waals surface area contributed by atoms with Gasteiger partial charge < -0.3 is 34.9 Å². The summed E-state index contributed by atoms with van der Waals surface area (Å²) in [5, 5.41) is 23.9. The lowest BCUT2D eigenvalue weighted by atomic mass is 9.90. The minimum absolute atomic E-state index is 0.0274. The number of aryl methyl sites for hydroxylation is 1. The second kappa shape index (κ2) is 9.71. The van der Waals surface area contributed by atoms with Crippen LogP contribution in [0.1, 0.15) is 16.8 Å². The summed E-state index contributed by atoms with van der Waals surface area (Å²) in [6.45, 7) is 1.70. The first kappa shape index (κ1) is 27.2. The van der Waals surface area contributed by atoms with Crippen LogP contribution < -0.4 is 15.6 Å². The highest BCUT2D eigenvalue weighted by molar-refractivity contribution is 6.18. The number of H-pyrrole nitrogens is 1. The summed E-state index contributed by atoms with van der Waals surface area (Å²) in [4.78, 5) is 41.5. The van der Waals surface area contributed by atoms with Gasteiger partial charge in [0.05, 0.1) is 39.2 Å². The maximum Gasteiger partial charge on any atom is 0.341 e. The van der Waals surface area contributed by atoms with E-state index < -0.39 is 34.7 Å². The molecule has 4 N–H and O–H groups in total. The number of aromatic carboxylic acids is 1. The lowest BCUT2D eigenvalue weighted by Gasteiger charge is -2.36. The van der Waals surface area contributed by atoms with Gasteiger partial charge in [-0.2, -0.15) is 0 Å². The zero-order valence-electron chi connectivity index (χ0n) is 23.7. The van der Waals surface area contributed by atoms with Gasteiger partial charge in [0.15, 0.2) is 11.6 Å². The van der Waals surface area contributed by atoms with Crippen molar-refractivity contribution >= 4 is 50.3 Å². The molecule has 1 unspecified atom stereocenters. The standard InChI is InChI=1S/C30H29F2N7O4/c1-33-19-7-18(31)24(32)22-23-26(39-11-16-20(12-39)37(2)5-4-21(16)40)15(9-34-28(23)36-25(19)22)13-6-14-27(41)17(30(42)43)10-38(3)29(14)35-8-13/h6-10,16,20-21,33,40H,4-5,11-12H2,1-3H3,(H,34,36)(H,42,43)/t16-,20+,21?/m1/s1. The molecule has 2 saturated heterocycles. The van der Waals surface area contributed by atoms with Crippen LogP contribution >= 0.6 is 0 Å². The number of fused-ring (bicyclic) bond motifs is 5. The fraction of sp³-hybridized carbons (Fsp3) is 0.333. The van der Waals surface area contributed by atoms with Gasteiger partial charge in [0.1, 0.15) is 16.9 Å². The van der Waals surface area contributed by atoms with Crippen LogP contribution in [0.3, 0.4) is 0 Å². The molecule has 2 aliphatic rings.